The van der Waals surface area contributed by atoms with Gasteiger partial charge in [0.05, 0.1) is 18.7 Å². The van der Waals surface area contributed by atoms with Crippen LogP contribution in [0.15, 0.2) is 28.7 Å². The zero-order chi connectivity index (χ0) is 15.0. The normalized spacial score (nSPS) is 11.9. The number of benzene rings is 1. The van der Waals surface area contributed by atoms with Gasteiger partial charge in [0, 0.05) is 18.1 Å². The largest absolute Gasteiger partial charge is 0.480 e. The van der Waals surface area contributed by atoms with Crippen molar-refractivity contribution in [2.24, 2.45) is 0 Å². The summed E-state index contributed by atoms with van der Waals surface area (Å²) in [5.74, 6) is -1.43. The third kappa shape index (κ3) is 5.68. The number of nitrogens with one attached hydrogen (secondary N) is 2. The van der Waals surface area contributed by atoms with E-state index in [2.05, 4.69) is 26.6 Å². The maximum Gasteiger partial charge on any atom is 0.321 e. The summed E-state index contributed by atoms with van der Waals surface area (Å²) in [5.41, 5.74) is 0.610. The van der Waals surface area contributed by atoms with Crippen LogP contribution < -0.4 is 10.6 Å². The van der Waals surface area contributed by atoms with Crippen LogP contribution in [0.2, 0.25) is 0 Å². The van der Waals surface area contributed by atoms with Gasteiger partial charge in [-0.2, -0.15) is 0 Å². The molecule has 0 aliphatic rings. The van der Waals surface area contributed by atoms with Crippen molar-refractivity contribution < 1.29 is 19.4 Å². The Morgan fingerprint density at radius 3 is 2.70 bits per heavy atom. The maximum absolute atomic E-state index is 11.8. The van der Waals surface area contributed by atoms with Crippen molar-refractivity contribution in [3.05, 3.63) is 28.7 Å². The lowest BCUT2D eigenvalue weighted by Gasteiger charge is -2.14. The van der Waals surface area contributed by atoms with Crippen molar-refractivity contribution >= 4 is 33.5 Å². The van der Waals surface area contributed by atoms with Crippen LogP contribution in [0.1, 0.15) is 6.42 Å². The first-order chi connectivity index (χ1) is 9.54. The minimum Gasteiger partial charge on any atom is -0.480 e. The van der Waals surface area contributed by atoms with Gasteiger partial charge >= 0.3 is 5.97 Å². The molecule has 1 unspecified atom stereocenters. The fourth-order valence-electron chi connectivity index (χ4n) is 1.53. The second-order valence-corrected chi connectivity index (χ2v) is 4.92. The zero-order valence-electron chi connectivity index (χ0n) is 11.1. The van der Waals surface area contributed by atoms with E-state index in [9.17, 15) is 9.59 Å². The zero-order valence-corrected chi connectivity index (χ0v) is 12.6. The van der Waals surface area contributed by atoms with Crippen molar-refractivity contribution in [3.63, 3.8) is 0 Å². The molecule has 20 heavy (non-hydrogen) atoms. The average Bonchev–Trinajstić information content (AvgIpc) is 2.40. The number of methoxy groups -OCH3 is 1. The average molecular weight is 345 g/mol. The Hall–Kier alpha value is -1.44. The SMILES string of the molecule is COCCNC(CC(=O)Nc1ccccc1Br)C(=O)O. The Morgan fingerprint density at radius 2 is 2.10 bits per heavy atom. The molecule has 1 aromatic rings. The van der Waals surface area contributed by atoms with Crippen molar-refractivity contribution in [1.82, 2.24) is 5.32 Å². The molecule has 0 aliphatic heterocycles. The van der Waals surface area contributed by atoms with Crippen molar-refractivity contribution in [3.8, 4) is 0 Å². The van der Waals surface area contributed by atoms with Gasteiger partial charge in [-0.3, -0.25) is 9.59 Å². The first kappa shape index (κ1) is 16.6. The molecule has 110 valence electrons. The molecule has 0 aliphatic carbocycles. The molecule has 1 atom stereocenters. The second-order valence-electron chi connectivity index (χ2n) is 4.07. The topological polar surface area (TPSA) is 87.7 Å². The number of aliphatic carboxylic acids is 1. The predicted molar refractivity (Wildman–Crippen MR) is 78.7 cm³/mol. The number of carboxylic acid groups (broad SMARTS) is 1. The highest BCUT2D eigenvalue weighted by Crippen LogP contribution is 2.21. The molecule has 1 rings (SSSR count). The van der Waals surface area contributed by atoms with E-state index in [4.69, 9.17) is 9.84 Å². The van der Waals surface area contributed by atoms with Gasteiger partial charge in [0.2, 0.25) is 5.91 Å². The molecule has 1 aromatic carbocycles. The molecule has 0 heterocycles. The molecular formula is C13H17BrN2O4. The summed E-state index contributed by atoms with van der Waals surface area (Å²) in [6.07, 6.45) is -0.152. The highest BCUT2D eigenvalue weighted by Gasteiger charge is 2.20. The third-order valence-electron chi connectivity index (χ3n) is 2.53. The number of ether oxygens (including phenoxy) is 1. The van der Waals surface area contributed by atoms with Crippen LogP contribution in [0.5, 0.6) is 0 Å². The lowest BCUT2D eigenvalue weighted by molar-refractivity contribution is -0.141. The number of anilines is 1. The summed E-state index contributed by atoms with van der Waals surface area (Å²) in [6, 6.07) is 6.20. The monoisotopic (exact) mass is 344 g/mol. The van der Waals surface area contributed by atoms with Gasteiger partial charge in [0.15, 0.2) is 0 Å². The molecule has 0 aromatic heterocycles. The number of carbonyl (C=O) groups excluding carboxylic acids is 1. The van der Waals surface area contributed by atoms with E-state index >= 15 is 0 Å². The number of para-hydroxylation sites is 1. The molecule has 0 saturated carbocycles. The summed E-state index contributed by atoms with van der Waals surface area (Å²) in [5, 5.41) is 14.5. The van der Waals surface area contributed by atoms with Gasteiger partial charge in [-0.05, 0) is 28.1 Å². The van der Waals surface area contributed by atoms with E-state index in [0.29, 0.717) is 18.8 Å². The lowest BCUT2D eigenvalue weighted by atomic mass is 10.2. The Balaban J connectivity index is 2.54. The van der Waals surface area contributed by atoms with Crippen LogP contribution in [0.3, 0.4) is 0 Å². The molecule has 0 spiro atoms. The maximum atomic E-state index is 11.8. The molecule has 0 bridgehead atoms. The van der Waals surface area contributed by atoms with E-state index in [-0.39, 0.29) is 12.3 Å². The predicted octanol–water partition coefficient (Wildman–Crippen LogP) is 1.47. The van der Waals surface area contributed by atoms with Gasteiger partial charge in [0.25, 0.3) is 0 Å². The molecule has 0 radical (unpaired) electrons. The number of carbonyl (C=O) groups is 2. The second kappa shape index (κ2) is 8.68. The Kier molecular flexibility index (Phi) is 7.21. The molecular weight excluding hydrogens is 328 g/mol. The molecule has 7 heteroatoms. The summed E-state index contributed by atoms with van der Waals surface area (Å²) < 4.78 is 5.57. The van der Waals surface area contributed by atoms with Gasteiger partial charge < -0.3 is 20.5 Å². The van der Waals surface area contributed by atoms with Crippen LogP contribution >= 0.6 is 15.9 Å². The van der Waals surface area contributed by atoms with E-state index < -0.39 is 12.0 Å². The first-order valence-corrected chi connectivity index (χ1v) is 6.83. The summed E-state index contributed by atoms with van der Waals surface area (Å²) in [4.78, 5) is 22.9. The number of amides is 1. The van der Waals surface area contributed by atoms with E-state index in [1.54, 1.807) is 18.2 Å². The smallest absolute Gasteiger partial charge is 0.321 e. The summed E-state index contributed by atoms with van der Waals surface area (Å²) >= 11 is 3.31. The van der Waals surface area contributed by atoms with Crippen molar-refractivity contribution in [1.29, 1.82) is 0 Å². The lowest BCUT2D eigenvalue weighted by Crippen LogP contribution is -2.41. The number of rotatable bonds is 8. The minimum atomic E-state index is -1.07. The first-order valence-electron chi connectivity index (χ1n) is 6.04. The quantitative estimate of drug-likeness (QED) is 0.621. The number of hydrogen-bond donors (Lipinski definition) is 3. The Bertz CT molecular complexity index is 467. The van der Waals surface area contributed by atoms with Gasteiger partial charge in [-0.25, -0.2) is 0 Å². The Labute approximate surface area is 125 Å². The van der Waals surface area contributed by atoms with Crippen LogP contribution in [0, 0.1) is 0 Å². The number of halogens is 1. The van der Waals surface area contributed by atoms with E-state index in [1.165, 1.54) is 7.11 Å². The summed E-state index contributed by atoms with van der Waals surface area (Å²) in [7, 11) is 1.52. The highest BCUT2D eigenvalue weighted by atomic mass is 79.9. The standard InChI is InChI=1S/C13H17BrN2O4/c1-20-7-6-15-11(13(18)19)8-12(17)16-10-5-3-2-4-9(10)14/h2-5,11,15H,6-8H2,1H3,(H,16,17)(H,18,19). The molecule has 3 N–H and O–H groups in total. The van der Waals surface area contributed by atoms with Crippen LogP contribution in [0.25, 0.3) is 0 Å². The van der Waals surface area contributed by atoms with Crippen molar-refractivity contribution in [2.75, 3.05) is 25.6 Å². The molecule has 0 fully saturated rings. The molecule has 6 nitrogen and oxygen atoms in total. The van der Waals surface area contributed by atoms with Gasteiger partial charge in [-0.1, -0.05) is 12.1 Å². The summed E-state index contributed by atoms with van der Waals surface area (Å²) in [6.45, 7) is 0.755. The Morgan fingerprint density at radius 1 is 1.40 bits per heavy atom. The van der Waals surface area contributed by atoms with E-state index in [0.717, 1.165) is 4.47 Å². The number of carboxylic acids is 1. The molecule has 0 saturated heterocycles. The fraction of sp³-hybridized carbons (Fsp3) is 0.385. The van der Waals surface area contributed by atoms with Gasteiger partial charge in [0.1, 0.15) is 6.04 Å². The minimum absolute atomic E-state index is 0.152. The highest BCUT2D eigenvalue weighted by molar-refractivity contribution is 9.10. The van der Waals surface area contributed by atoms with Crippen LogP contribution in [0.4, 0.5) is 5.69 Å². The van der Waals surface area contributed by atoms with E-state index in [1.807, 2.05) is 6.07 Å². The van der Waals surface area contributed by atoms with Gasteiger partial charge in [-0.15, -0.1) is 0 Å². The fourth-order valence-corrected chi connectivity index (χ4v) is 1.92. The van der Waals surface area contributed by atoms with Crippen LogP contribution in [-0.4, -0.2) is 43.3 Å². The van der Waals surface area contributed by atoms with Crippen molar-refractivity contribution in [2.45, 2.75) is 12.5 Å². The molecule has 1 amide bonds. The van der Waals surface area contributed by atoms with Crippen LogP contribution in [-0.2, 0) is 14.3 Å². The number of hydrogen-bond acceptors (Lipinski definition) is 4. The third-order valence-corrected chi connectivity index (χ3v) is 3.22.